The quantitative estimate of drug-likeness (QED) is 0.515. The van der Waals surface area contributed by atoms with Crippen LogP contribution in [0.3, 0.4) is 0 Å². The van der Waals surface area contributed by atoms with Gasteiger partial charge < -0.3 is 10.1 Å². The summed E-state index contributed by atoms with van der Waals surface area (Å²) in [5, 5.41) is 11.6. The molecule has 0 heterocycles. The first kappa shape index (κ1) is 15.0. The van der Waals surface area contributed by atoms with Gasteiger partial charge in [0.15, 0.2) is 0 Å². The number of ether oxygens (including phenoxy) is 1. The van der Waals surface area contributed by atoms with E-state index in [1.54, 1.807) is 18.2 Å². The summed E-state index contributed by atoms with van der Waals surface area (Å²) in [6.07, 6.45) is 3.04. The van der Waals surface area contributed by atoms with Gasteiger partial charge in [0, 0.05) is 16.6 Å². The topological polar surface area (TPSA) is 62.1 Å². The predicted molar refractivity (Wildman–Crippen MR) is 77.5 cm³/mol. The van der Waals surface area contributed by atoms with Crippen LogP contribution >= 0.6 is 15.9 Å². The fourth-order valence-electron chi connectivity index (χ4n) is 1.38. The lowest BCUT2D eigenvalue weighted by molar-refractivity contribution is -0.116. The molecule has 1 N–H and O–H groups in total. The van der Waals surface area contributed by atoms with E-state index in [0.29, 0.717) is 17.9 Å². The van der Waals surface area contributed by atoms with Crippen LogP contribution in [0.1, 0.15) is 5.56 Å². The molecule has 0 aromatic heterocycles. The van der Waals surface area contributed by atoms with Crippen LogP contribution in [0.5, 0.6) is 5.75 Å². The largest absolute Gasteiger partial charge is 0.496 e. The Morgan fingerprint density at radius 2 is 2.37 bits per heavy atom. The number of nitriles is 1. The fraction of sp³-hybridized carbons (Fsp3) is 0.143. The second-order valence-corrected chi connectivity index (χ2v) is 4.47. The average molecular weight is 321 g/mol. The molecule has 0 bridgehead atoms. The normalized spacial score (nSPS) is 10.5. The van der Waals surface area contributed by atoms with Crippen molar-refractivity contribution in [3.8, 4) is 11.8 Å². The van der Waals surface area contributed by atoms with E-state index in [9.17, 15) is 4.79 Å². The zero-order valence-corrected chi connectivity index (χ0v) is 12.0. The van der Waals surface area contributed by atoms with Gasteiger partial charge in [-0.3, -0.25) is 4.79 Å². The number of rotatable bonds is 5. The van der Waals surface area contributed by atoms with Gasteiger partial charge in [0.05, 0.1) is 7.11 Å². The molecule has 19 heavy (non-hydrogen) atoms. The average Bonchev–Trinajstić information content (AvgIpc) is 2.42. The summed E-state index contributed by atoms with van der Waals surface area (Å²) in [5.74, 6) is 0.150. The van der Waals surface area contributed by atoms with Crippen LogP contribution in [0.2, 0.25) is 0 Å². The zero-order valence-electron chi connectivity index (χ0n) is 10.4. The molecule has 1 aromatic rings. The molecular formula is C14H13BrN2O2. The number of nitrogens with zero attached hydrogens (tertiary/aromatic N) is 1. The van der Waals surface area contributed by atoms with Crippen molar-refractivity contribution in [2.75, 3.05) is 13.7 Å². The molecule has 0 fully saturated rings. The highest BCUT2D eigenvalue weighted by molar-refractivity contribution is 9.10. The van der Waals surface area contributed by atoms with Crippen LogP contribution in [-0.2, 0) is 4.79 Å². The van der Waals surface area contributed by atoms with Crippen molar-refractivity contribution in [2.24, 2.45) is 0 Å². The molecule has 5 heteroatoms. The molecule has 0 radical (unpaired) electrons. The molecule has 1 amide bonds. The van der Waals surface area contributed by atoms with Crippen LogP contribution in [-0.4, -0.2) is 19.6 Å². The van der Waals surface area contributed by atoms with Gasteiger partial charge in [-0.05, 0) is 24.3 Å². The summed E-state index contributed by atoms with van der Waals surface area (Å²) in [4.78, 5) is 11.7. The Morgan fingerprint density at radius 3 is 2.95 bits per heavy atom. The van der Waals surface area contributed by atoms with Crippen LogP contribution in [0.15, 0.2) is 40.9 Å². The van der Waals surface area contributed by atoms with Crippen LogP contribution in [0.4, 0.5) is 0 Å². The van der Waals surface area contributed by atoms with Crippen molar-refractivity contribution in [3.05, 3.63) is 46.5 Å². The van der Waals surface area contributed by atoms with Gasteiger partial charge in [0.1, 0.15) is 17.4 Å². The van der Waals surface area contributed by atoms with E-state index in [1.807, 2.05) is 12.1 Å². The SMILES string of the molecule is C=CCNC(=O)/C(C#N)=C/c1cc(Br)ccc1OC. The van der Waals surface area contributed by atoms with Crippen LogP contribution < -0.4 is 10.1 Å². The van der Waals surface area contributed by atoms with Crippen molar-refractivity contribution in [2.45, 2.75) is 0 Å². The summed E-state index contributed by atoms with van der Waals surface area (Å²) in [7, 11) is 1.53. The number of hydrogen-bond acceptors (Lipinski definition) is 3. The highest BCUT2D eigenvalue weighted by atomic mass is 79.9. The minimum atomic E-state index is -0.440. The Kier molecular flexibility index (Phi) is 5.83. The van der Waals surface area contributed by atoms with Gasteiger partial charge in [0.2, 0.25) is 0 Å². The molecular weight excluding hydrogens is 308 g/mol. The van der Waals surface area contributed by atoms with E-state index >= 15 is 0 Å². The lowest BCUT2D eigenvalue weighted by Gasteiger charge is -2.06. The molecule has 0 saturated carbocycles. The number of halogens is 1. The third-order valence-electron chi connectivity index (χ3n) is 2.26. The molecule has 1 rings (SSSR count). The number of carbonyl (C=O) groups excluding carboxylic acids is 1. The van der Waals surface area contributed by atoms with Crippen molar-refractivity contribution in [3.63, 3.8) is 0 Å². The van der Waals surface area contributed by atoms with Crippen molar-refractivity contribution in [1.29, 1.82) is 5.26 Å². The smallest absolute Gasteiger partial charge is 0.262 e. The number of hydrogen-bond donors (Lipinski definition) is 1. The van der Waals surface area contributed by atoms with Crippen LogP contribution in [0, 0.1) is 11.3 Å². The monoisotopic (exact) mass is 320 g/mol. The Balaban J connectivity index is 3.10. The van der Waals surface area contributed by atoms with Gasteiger partial charge >= 0.3 is 0 Å². The molecule has 0 unspecified atom stereocenters. The van der Waals surface area contributed by atoms with Gasteiger partial charge in [-0.25, -0.2) is 0 Å². The number of nitrogens with one attached hydrogen (secondary N) is 1. The van der Waals surface area contributed by atoms with Crippen molar-refractivity contribution in [1.82, 2.24) is 5.32 Å². The van der Waals surface area contributed by atoms with Crippen LogP contribution in [0.25, 0.3) is 6.08 Å². The number of carbonyl (C=O) groups is 1. The second kappa shape index (κ2) is 7.39. The first-order chi connectivity index (χ1) is 9.12. The highest BCUT2D eigenvalue weighted by Crippen LogP contribution is 2.25. The first-order valence-corrected chi connectivity index (χ1v) is 6.26. The van der Waals surface area contributed by atoms with Gasteiger partial charge in [-0.15, -0.1) is 6.58 Å². The van der Waals surface area contributed by atoms with E-state index in [0.717, 1.165) is 4.47 Å². The molecule has 0 atom stereocenters. The Hall–Kier alpha value is -2.06. The number of benzene rings is 1. The molecule has 0 saturated heterocycles. The Bertz CT molecular complexity index is 559. The predicted octanol–water partition coefficient (Wildman–Crippen LogP) is 2.67. The van der Waals surface area contributed by atoms with Gasteiger partial charge in [-0.1, -0.05) is 22.0 Å². The van der Waals surface area contributed by atoms with Gasteiger partial charge in [0.25, 0.3) is 5.91 Å². The molecule has 0 spiro atoms. The summed E-state index contributed by atoms with van der Waals surface area (Å²) >= 11 is 3.33. The summed E-state index contributed by atoms with van der Waals surface area (Å²) in [6.45, 7) is 3.81. The Morgan fingerprint density at radius 1 is 1.63 bits per heavy atom. The fourth-order valence-corrected chi connectivity index (χ4v) is 1.76. The maximum atomic E-state index is 11.7. The zero-order chi connectivity index (χ0) is 14.3. The molecule has 0 aliphatic heterocycles. The third-order valence-corrected chi connectivity index (χ3v) is 2.76. The summed E-state index contributed by atoms with van der Waals surface area (Å²) in [5.41, 5.74) is 0.667. The van der Waals surface area contributed by atoms with E-state index in [1.165, 1.54) is 13.2 Å². The third kappa shape index (κ3) is 4.27. The number of methoxy groups -OCH3 is 1. The lowest BCUT2D eigenvalue weighted by atomic mass is 10.1. The molecule has 0 aliphatic rings. The van der Waals surface area contributed by atoms with E-state index in [4.69, 9.17) is 10.00 Å². The maximum Gasteiger partial charge on any atom is 0.262 e. The molecule has 1 aromatic carbocycles. The molecule has 98 valence electrons. The van der Waals surface area contributed by atoms with Gasteiger partial charge in [-0.2, -0.15) is 5.26 Å². The molecule has 4 nitrogen and oxygen atoms in total. The lowest BCUT2D eigenvalue weighted by Crippen LogP contribution is -2.24. The minimum absolute atomic E-state index is 0.0123. The van der Waals surface area contributed by atoms with Crippen molar-refractivity contribution < 1.29 is 9.53 Å². The van der Waals surface area contributed by atoms with E-state index in [-0.39, 0.29) is 5.57 Å². The molecule has 0 aliphatic carbocycles. The summed E-state index contributed by atoms with van der Waals surface area (Å²) < 4.78 is 6.02. The number of amides is 1. The van der Waals surface area contributed by atoms with E-state index in [2.05, 4.69) is 27.8 Å². The Labute approximate surface area is 120 Å². The minimum Gasteiger partial charge on any atom is -0.496 e. The first-order valence-electron chi connectivity index (χ1n) is 5.46. The maximum absolute atomic E-state index is 11.7. The standard InChI is InChI=1S/C14H13BrN2O2/c1-3-6-17-14(18)11(9-16)7-10-8-12(15)4-5-13(10)19-2/h3-5,7-8H,1,6H2,2H3,(H,17,18)/b11-7+. The second-order valence-electron chi connectivity index (χ2n) is 3.55. The summed E-state index contributed by atoms with van der Waals surface area (Å²) in [6, 6.07) is 7.22. The van der Waals surface area contributed by atoms with E-state index < -0.39 is 5.91 Å². The van der Waals surface area contributed by atoms with Crippen molar-refractivity contribution >= 4 is 27.9 Å². The highest BCUT2D eigenvalue weighted by Gasteiger charge is 2.10.